The van der Waals surface area contributed by atoms with Crippen molar-refractivity contribution in [2.45, 2.75) is 13.5 Å². The maximum Gasteiger partial charge on any atom is 0.257 e. The van der Waals surface area contributed by atoms with Crippen molar-refractivity contribution in [3.63, 3.8) is 0 Å². The number of amides is 2. The molecule has 0 spiro atoms. The lowest BCUT2D eigenvalue weighted by Crippen LogP contribution is -2.27. The lowest BCUT2D eigenvalue weighted by atomic mass is 10.0. The molecule has 1 N–H and O–H groups in total. The number of hydrogen-bond acceptors (Lipinski definition) is 4. The summed E-state index contributed by atoms with van der Waals surface area (Å²) < 4.78 is 6.17. The van der Waals surface area contributed by atoms with E-state index in [0.717, 1.165) is 11.1 Å². The second-order valence-electron chi connectivity index (χ2n) is 7.87. The quantitative estimate of drug-likeness (QED) is 0.499. The van der Waals surface area contributed by atoms with E-state index in [1.165, 1.54) is 0 Å². The van der Waals surface area contributed by atoms with E-state index in [0.29, 0.717) is 34.4 Å². The summed E-state index contributed by atoms with van der Waals surface area (Å²) in [4.78, 5) is 39.7. The third-order valence-electron chi connectivity index (χ3n) is 5.62. The molecule has 4 rings (SSSR count). The molecule has 0 saturated heterocycles. The Bertz CT molecular complexity index is 1390. The summed E-state index contributed by atoms with van der Waals surface area (Å²) in [6.07, 6.45) is 0. The minimum Gasteiger partial charge on any atom is -0.455 e. The fourth-order valence-corrected chi connectivity index (χ4v) is 3.80. The topological polar surface area (TPSA) is 79.6 Å². The Morgan fingerprint density at radius 2 is 1.64 bits per heavy atom. The van der Waals surface area contributed by atoms with Crippen molar-refractivity contribution in [1.29, 1.82) is 0 Å². The van der Waals surface area contributed by atoms with Crippen LogP contribution in [0.2, 0.25) is 0 Å². The monoisotopic (exact) mass is 440 g/mol. The van der Waals surface area contributed by atoms with E-state index in [1.54, 1.807) is 56.3 Å². The van der Waals surface area contributed by atoms with E-state index in [2.05, 4.69) is 5.32 Å². The van der Waals surface area contributed by atoms with Crippen LogP contribution in [-0.4, -0.2) is 30.8 Å². The van der Waals surface area contributed by atoms with Gasteiger partial charge in [-0.25, -0.2) is 0 Å². The molecule has 6 nitrogen and oxygen atoms in total. The van der Waals surface area contributed by atoms with Gasteiger partial charge in [-0.15, -0.1) is 0 Å². The van der Waals surface area contributed by atoms with Gasteiger partial charge in [0.25, 0.3) is 11.8 Å². The molecular formula is C27H24N2O4. The standard InChI is InChI=1S/C27H24N2O4/c1-17-23(30)21-10-7-11-22(25(21)33-24(17)19-8-5-4-6-9-19)27(32)29(3)16-18-12-14-20(15-13-18)26(31)28-2/h4-15H,16H2,1-3H3,(H,28,31). The van der Waals surface area contributed by atoms with Gasteiger partial charge in [0.1, 0.15) is 5.76 Å². The molecule has 1 heterocycles. The lowest BCUT2D eigenvalue weighted by Gasteiger charge is -2.18. The number of rotatable bonds is 5. The van der Waals surface area contributed by atoms with Crippen LogP contribution in [0.15, 0.2) is 82.0 Å². The molecule has 3 aromatic carbocycles. The Morgan fingerprint density at radius 1 is 0.939 bits per heavy atom. The summed E-state index contributed by atoms with van der Waals surface area (Å²) in [6.45, 7) is 2.07. The number of carbonyl (C=O) groups is 2. The second-order valence-corrected chi connectivity index (χ2v) is 7.87. The van der Waals surface area contributed by atoms with Gasteiger partial charge in [0.2, 0.25) is 0 Å². The van der Waals surface area contributed by atoms with Crippen LogP contribution in [0.5, 0.6) is 0 Å². The summed E-state index contributed by atoms with van der Waals surface area (Å²) in [5.41, 5.74) is 3.15. The highest BCUT2D eigenvalue weighted by Crippen LogP contribution is 2.28. The summed E-state index contributed by atoms with van der Waals surface area (Å²) in [5, 5.41) is 2.96. The van der Waals surface area contributed by atoms with Crippen molar-refractivity contribution in [2.75, 3.05) is 14.1 Å². The molecule has 0 aliphatic carbocycles. The largest absolute Gasteiger partial charge is 0.455 e. The van der Waals surface area contributed by atoms with Crippen molar-refractivity contribution in [3.8, 4) is 11.3 Å². The second kappa shape index (κ2) is 9.12. The van der Waals surface area contributed by atoms with Crippen LogP contribution in [0, 0.1) is 6.92 Å². The zero-order valence-corrected chi connectivity index (χ0v) is 18.7. The summed E-state index contributed by atoms with van der Waals surface area (Å²) in [5.74, 6) is 0.0315. The average Bonchev–Trinajstić information content (AvgIpc) is 2.85. The van der Waals surface area contributed by atoms with Gasteiger partial charge in [0.15, 0.2) is 11.0 Å². The normalized spacial score (nSPS) is 10.8. The minimum absolute atomic E-state index is 0.155. The first kappa shape index (κ1) is 22.0. The van der Waals surface area contributed by atoms with Gasteiger partial charge in [0, 0.05) is 37.3 Å². The summed E-state index contributed by atoms with van der Waals surface area (Å²) in [6, 6.07) is 21.5. The molecule has 0 bridgehead atoms. The Balaban J connectivity index is 1.70. The van der Waals surface area contributed by atoms with Crippen LogP contribution in [0.3, 0.4) is 0 Å². The van der Waals surface area contributed by atoms with Gasteiger partial charge in [-0.1, -0.05) is 48.5 Å². The predicted molar refractivity (Wildman–Crippen MR) is 128 cm³/mol. The van der Waals surface area contributed by atoms with Crippen LogP contribution in [0.4, 0.5) is 0 Å². The third-order valence-corrected chi connectivity index (χ3v) is 5.62. The van der Waals surface area contributed by atoms with Crippen molar-refractivity contribution >= 4 is 22.8 Å². The SMILES string of the molecule is CNC(=O)c1ccc(CN(C)C(=O)c2cccc3c(=O)c(C)c(-c4ccccc4)oc23)cc1. The highest BCUT2D eigenvalue weighted by molar-refractivity contribution is 6.05. The molecule has 1 aromatic heterocycles. The molecule has 4 aromatic rings. The van der Waals surface area contributed by atoms with E-state index < -0.39 is 0 Å². The number of nitrogens with zero attached hydrogens (tertiary/aromatic N) is 1. The maximum atomic E-state index is 13.3. The lowest BCUT2D eigenvalue weighted by molar-refractivity contribution is 0.0785. The number of carbonyl (C=O) groups excluding carboxylic acids is 2. The molecule has 6 heteroatoms. The fourth-order valence-electron chi connectivity index (χ4n) is 3.80. The van der Waals surface area contributed by atoms with Crippen LogP contribution < -0.4 is 10.7 Å². The Hall–Kier alpha value is -4.19. The van der Waals surface area contributed by atoms with Crippen LogP contribution in [-0.2, 0) is 6.54 Å². The average molecular weight is 440 g/mol. The molecule has 166 valence electrons. The molecule has 0 atom stereocenters. The van der Waals surface area contributed by atoms with Gasteiger partial charge < -0.3 is 14.6 Å². The van der Waals surface area contributed by atoms with Crippen molar-refractivity contribution in [3.05, 3.63) is 105 Å². The van der Waals surface area contributed by atoms with Gasteiger partial charge >= 0.3 is 0 Å². The van der Waals surface area contributed by atoms with Crippen LogP contribution >= 0.6 is 0 Å². The fraction of sp³-hybridized carbons (Fsp3) is 0.148. The van der Waals surface area contributed by atoms with E-state index >= 15 is 0 Å². The first-order valence-electron chi connectivity index (χ1n) is 10.6. The highest BCUT2D eigenvalue weighted by Gasteiger charge is 2.20. The predicted octanol–water partition coefficient (Wildman–Crippen LogP) is 4.40. The molecule has 33 heavy (non-hydrogen) atoms. The molecule has 0 unspecified atom stereocenters. The number of para-hydroxylation sites is 1. The molecule has 0 radical (unpaired) electrons. The van der Waals surface area contributed by atoms with E-state index in [4.69, 9.17) is 4.42 Å². The number of nitrogens with one attached hydrogen (secondary N) is 1. The van der Waals surface area contributed by atoms with Gasteiger partial charge in [-0.3, -0.25) is 14.4 Å². The Morgan fingerprint density at radius 3 is 2.30 bits per heavy atom. The zero-order valence-electron chi connectivity index (χ0n) is 18.7. The van der Waals surface area contributed by atoms with Gasteiger partial charge in [0.05, 0.1) is 10.9 Å². The van der Waals surface area contributed by atoms with E-state index in [1.807, 2.05) is 42.5 Å². The van der Waals surface area contributed by atoms with Gasteiger partial charge in [-0.05, 0) is 36.8 Å². The summed E-state index contributed by atoms with van der Waals surface area (Å²) in [7, 11) is 3.27. The van der Waals surface area contributed by atoms with E-state index in [9.17, 15) is 14.4 Å². The highest BCUT2D eigenvalue weighted by atomic mass is 16.3. The third kappa shape index (κ3) is 4.28. The molecular weight excluding hydrogens is 416 g/mol. The van der Waals surface area contributed by atoms with Crippen molar-refractivity contribution in [1.82, 2.24) is 10.2 Å². The first-order valence-corrected chi connectivity index (χ1v) is 10.6. The number of fused-ring (bicyclic) bond motifs is 1. The maximum absolute atomic E-state index is 13.3. The minimum atomic E-state index is -0.262. The van der Waals surface area contributed by atoms with Gasteiger partial charge in [-0.2, -0.15) is 0 Å². The Labute approximate surface area is 191 Å². The Kier molecular flexibility index (Phi) is 6.09. The van der Waals surface area contributed by atoms with E-state index in [-0.39, 0.29) is 22.8 Å². The number of hydrogen-bond donors (Lipinski definition) is 1. The van der Waals surface area contributed by atoms with Crippen LogP contribution in [0.1, 0.15) is 31.8 Å². The molecule has 0 fully saturated rings. The summed E-state index contributed by atoms with van der Waals surface area (Å²) >= 11 is 0. The smallest absolute Gasteiger partial charge is 0.257 e. The van der Waals surface area contributed by atoms with Crippen molar-refractivity contribution < 1.29 is 14.0 Å². The van der Waals surface area contributed by atoms with Crippen molar-refractivity contribution in [2.24, 2.45) is 0 Å². The molecule has 2 amide bonds. The zero-order chi connectivity index (χ0) is 23.5. The molecule has 0 aliphatic heterocycles. The van der Waals surface area contributed by atoms with Crippen LogP contribution in [0.25, 0.3) is 22.3 Å². The first-order chi connectivity index (χ1) is 15.9. The molecule has 0 aliphatic rings. The molecule has 0 saturated carbocycles. The number of benzene rings is 3.